The summed E-state index contributed by atoms with van der Waals surface area (Å²) in [6.45, 7) is 1.56. The molecule has 0 saturated heterocycles. The number of methoxy groups -OCH3 is 1. The highest BCUT2D eigenvalue weighted by molar-refractivity contribution is 5.96. The molecule has 2 heterocycles. The zero-order valence-corrected chi connectivity index (χ0v) is 18.5. The number of aromatic nitrogens is 2. The number of amides is 1. The van der Waals surface area contributed by atoms with Crippen LogP contribution >= 0.6 is 0 Å². The van der Waals surface area contributed by atoms with Gasteiger partial charge in [0.15, 0.2) is 6.61 Å². The Balaban J connectivity index is 1.38. The van der Waals surface area contributed by atoms with E-state index in [0.29, 0.717) is 22.8 Å². The van der Waals surface area contributed by atoms with Crippen molar-refractivity contribution in [2.75, 3.05) is 19.0 Å². The molecule has 2 aromatic heterocycles. The van der Waals surface area contributed by atoms with Crippen molar-refractivity contribution < 1.29 is 18.7 Å². The van der Waals surface area contributed by atoms with Gasteiger partial charge in [0.2, 0.25) is 5.95 Å². The Labute approximate surface area is 194 Å². The summed E-state index contributed by atoms with van der Waals surface area (Å²) in [5.41, 5.74) is 3.75. The number of anilines is 1. The summed E-state index contributed by atoms with van der Waals surface area (Å²) in [7, 11) is 1.60. The van der Waals surface area contributed by atoms with Crippen LogP contribution in [0, 0.1) is 6.92 Å². The number of imidazole rings is 1. The van der Waals surface area contributed by atoms with Gasteiger partial charge in [0.1, 0.15) is 17.1 Å². The summed E-state index contributed by atoms with van der Waals surface area (Å²) in [6, 6.07) is 20.0. The van der Waals surface area contributed by atoms with Crippen LogP contribution in [0.15, 0.2) is 75.9 Å². The summed E-state index contributed by atoms with van der Waals surface area (Å²) >= 11 is 0. The summed E-state index contributed by atoms with van der Waals surface area (Å²) in [6.07, 6.45) is 0. The second-order valence-electron chi connectivity index (χ2n) is 7.71. The fourth-order valence-electron chi connectivity index (χ4n) is 3.83. The topological polar surface area (TPSA) is 106 Å². The van der Waals surface area contributed by atoms with Gasteiger partial charge in [-0.25, -0.2) is 9.78 Å². The third-order valence-electron chi connectivity index (χ3n) is 5.52. The van der Waals surface area contributed by atoms with E-state index in [0.717, 1.165) is 33.3 Å². The van der Waals surface area contributed by atoms with Gasteiger partial charge in [-0.15, -0.1) is 0 Å². The molecule has 0 atom stereocenters. The Morgan fingerprint density at radius 3 is 2.65 bits per heavy atom. The predicted molar refractivity (Wildman–Crippen MR) is 129 cm³/mol. The monoisotopic (exact) mass is 455 g/mol. The number of para-hydroxylation sites is 2. The molecule has 0 unspecified atom stereocenters. The number of aryl methyl sites for hydroxylation is 1. The number of ether oxygens (including phenoxy) is 2. The van der Waals surface area contributed by atoms with E-state index in [1.165, 1.54) is 6.07 Å². The Morgan fingerprint density at radius 1 is 1.09 bits per heavy atom. The molecule has 3 aromatic carbocycles. The van der Waals surface area contributed by atoms with Crippen LogP contribution in [0.5, 0.6) is 11.5 Å². The van der Waals surface area contributed by atoms with Gasteiger partial charge < -0.3 is 18.9 Å². The maximum absolute atomic E-state index is 12.4. The Kier molecular flexibility index (Phi) is 5.47. The average Bonchev–Trinajstić information content (AvgIpc) is 3.26. The van der Waals surface area contributed by atoms with Gasteiger partial charge in [0.25, 0.3) is 5.91 Å². The van der Waals surface area contributed by atoms with E-state index in [4.69, 9.17) is 13.9 Å². The summed E-state index contributed by atoms with van der Waals surface area (Å²) in [5, 5.41) is 3.46. The molecule has 0 aliphatic rings. The standard InChI is InChI=1S/C26H21N3O5/c1-15-22(33-14-23(30)29-26-27-20-5-3-4-6-21(20)28-26)12-11-18-19(13-24(31)34-25(15)18)16-7-9-17(32-2)10-8-16/h3-13H,14H2,1-2H3,(H2,27,28,29,30). The molecule has 0 aliphatic heterocycles. The SMILES string of the molecule is COc1ccc(-c2cc(=O)oc3c(C)c(OCC(=O)Nc4nc5ccccc5[nH]4)ccc23)cc1. The highest BCUT2D eigenvalue weighted by Crippen LogP contribution is 2.33. The summed E-state index contributed by atoms with van der Waals surface area (Å²) < 4.78 is 16.5. The van der Waals surface area contributed by atoms with Crippen molar-refractivity contribution in [2.24, 2.45) is 0 Å². The van der Waals surface area contributed by atoms with Crippen molar-refractivity contribution in [1.29, 1.82) is 0 Å². The molecular formula is C26H21N3O5. The first-order valence-corrected chi connectivity index (χ1v) is 10.6. The van der Waals surface area contributed by atoms with Crippen LogP contribution in [0.1, 0.15) is 5.56 Å². The molecule has 0 bridgehead atoms. The molecule has 0 spiro atoms. The van der Waals surface area contributed by atoms with Crippen LogP contribution < -0.4 is 20.4 Å². The van der Waals surface area contributed by atoms with Crippen molar-refractivity contribution >= 4 is 33.9 Å². The van der Waals surface area contributed by atoms with Crippen LogP contribution in [-0.4, -0.2) is 29.6 Å². The van der Waals surface area contributed by atoms with Crippen LogP contribution in [-0.2, 0) is 4.79 Å². The molecule has 0 fully saturated rings. The molecule has 8 nitrogen and oxygen atoms in total. The number of H-pyrrole nitrogens is 1. The van der Waals surface area contributed by atoms with Crippen molar-refractivity contribution in [3.05, 3.63) is 82.7 Å². The minimum atomic E-state index is -0.471. The number of benzene rings is 3. The normalized spacial score (nSPS) is 11.0. The number of nitrogens with zero attached hydrogens (tertiary/aromatic N) is 1. The smallest absolute Gasteiger partial charge is 0.336 e. The van der Waals surface area contributed by atoms with E-state index in [-0.39, 0.29) is 12.5 Å². The van der Waals surface area contributed by atoms with Gasteiger partial charge in [-0.05, 0) is 54.4 Å². The maximum atomic E-state index is 12.4. The number of aromatic amines is 1. The van der Waals surface area contributed by atoms with E-state index in [9.17, 15) is 9.59 Å². The summed E-state index contributed by atoms with van der Waals surface area (Å²) in [5.74, 6) is 1.15. The van der Waals surface area contributed by atoms with Gasteiger partial charge in [-0.1, -0.05) is 24.3 Å². The number of carbonyl (C=O) groups excluding carboxylic acids is 1. The largest absolute Gasteiger partial charge is 0.497 e. The Hall–Kier alpha value is -4.59. The fraction of sp³-hybridized carbons (Fsp3) is 0.115. The quantitative estimate of drug-likeness (QED) is 0.361. The number of rotatable bonds is 6. The Morgan fingerprint density at radius 2 is 1.88 bits per heavy atom. The Bertz CT molecular complexity index is 1530. The van der Waals surface area contributed by atoms with Crippen molar-refractivity contribution in [3.8, 4) is 22.6 Å². The van der Waals surface area contributed by atoms with Gasteiger partial charge in [0.05, 0.1) is 18.1 Å². The minimum Gasteiger partial charge on any atom is -0.497 e. The summed E-state index contributed by atoms with van der Waals surface area (Å²) in [4.78, 5) is 32.1. The number of carbonyl (C=O) groups is 1. The van der Waals surface area contributed by atoms with Gasteiger partial charge in [0, 0.05) is 17.0 Å². The van der Waals surface area contributed by atoms with Crippen LogP contribution in [0.3, 0.4) is 0 Å². The fourth-order valence-corrected chi connectivity index (χ4v) is 3.83. The maximum Gasteiger partial charge on any atom is 0.336 e. The highest BCUT2D eigenvalue weighted by Gasteiger charge is 2.15. The van der Waals surface area contributed by atoms with Gasteiger partial charge in [-0.3, -0.25) is 10.1 Å². The predicted octanol–water partition coefficient (Wildman–Crippen LogP) is 4.67. The molecule has 5 aromatic rings. The molecule has 34 heavy (non-hydrogen) atoms. The van der Waals surface area contributed by atoms with Gasteiger partial charge >= 0.3 is 5.63 Å². The molecule has 8 heteroatoms. The van der Waals surface area contributed by atoms with E-state index in [1.54, 1.807) is 20.1 Å². The highest BCUT2D eigenvalue weighted by atomic mass is 16.5. The number of hydrogen-bond donors (Lipinski definition) is 2. The van der Waals surface area contributed by atoms with Gasteiger partial charge in [-0.2, -0.15) is 0 Å². The third-order valence-corrected chi connectivity index (χ3v) is 5.52. The first kappa shape index (κ1) is 21.3. The van der Waals surface area contributed by atoms with E-state index in [2.05, 4.69) is 15.3 Å². The molecule has 5 rings (SSSR count). The van der Waals surface area contributed by atoms with Crippen molar-refractivity contribution in [1.82, 2.24) is 9.97 Å². The first-order valence-electron chi connectivity index (χ1n) is 10.6. The molecule has 0 radical (unpaired) electrons. The molecule has 0 saturated carbocycles. The molecule has 0 aliphatic carbocycles. The number of hydrogen-bond acceptors (Lipinski definition) is 6. The zero-order valence-electron chi connectivity index (χ0n) is 18.5. The van der Waals surface area contributed by atoms with E-state index >= 15 is 0 Å². The average molecular weight is 455 g/mol. The lowest BCUT2D eigenvalue weighted by molar-refractivity contribution is -0.118. The second-order valence-corrected chi connectivity index (χ2v) is 7.71. The van der Waals surface area contributed by atoms with E-state index in [1.807, 2.05) is 54.6 Å². The number of fused-ring (bicyclic) bond motifs is 2. The molecular weight excluding hydrogens is 434 g/mol. The lowest BCUT2D eigenvalue weighted by Crippen LogP contribution is -2.21. The third kappa shape index (κ3) is 4.09. The molecule has 2 N–H and O–H groups in total. The van der Waals surface area contributed by atoms with Crippen LogP contribution in [0.2, 0.25) is 0 Å². The lowest BCUT2D eigenvalue weighted by atomic mass is 10.00. The van der Waals surface area contributed by atoms with Crippen LogP contribution in [0.4, 0.5) is 5.95 Å². The first-order chi connectivity index (χ1) is 16.5. The minimum absolute atomic E-state index is 0.230. The second kappa shape index (κ2) is 8.74. The molecule has 170 valence electrons. The van der Waals surface area contributed by atoms with Crippen LogP contribution in [0.25, 0.3) is 33.1 Å². The zero-order chi connectivity index (χ0) is 23.7. The van der Waals surface area contributed by atoms with Crippen molar-refractivity contribution in [2.45, 2.75) is 6.92 Å². The lowest BCUT2D eigenvalue weighted by Gasteiger charge is -2.12. The molecule has 1 amide bonds. The van der Waals surface area contributed by atoms with Crippen molar-refractivity contribution in [3.63, 3.8) is 0 Å². The number of nitrogens with one attached hydrogen (secondary N) is 2. The van der Waals surface area contributed by atoms with E-state index < -0.39 is 5.63 Å².